The summed E-state index contributed by atoms with van der Waals surface area (Å²) in [6.07, 6.45) is -8.79. The molecule has 8 N–H and O–H groups in total. The second kappa shape index (κ2) is 11.6. The number of phenolic OH excluding ortho intramolecular Hbond substituents is 4. The van der Waals surface area contributed by atoms with Crippen molar-refractivity contribution in [1.82, 2.24) is 0 Å². The van der Waals surface area contributed by atoms with Crippen LogP contribution in [0, 0.1) is 0 Å². The van der Waals surface area contributed by atoms with Gasteiger partial charge < -0.3 is 64.5 Å². The van der Waals surface area contributed by atoms with Gasteiger partial charge in [0.15, 0.2) is 23.0 Å². The quantitative estimate of drug-likeness (QED) is 0.109. The second-order valence-corrected chi connectivity index (χ2v) is 10.7. The van der Waals surface area contributed by atoms with Crippen molar-refractivity contribution in [3.05, 3.63) is 53.6 Å². The van der Waals surface area contributed by atoms with E-state index in [0.717, 1.165) is 0 Å². The maximum absolute atomic E-state index is 10.9. The third kappa shape index (κ3) is 5.22. The SMILES string of the molecule is COc1cc(-c2[o+]c3cc(O)cc4c3c(c2O[C@@H]2O[C@H](CO)[C@@H](O)[C@H](O)[C@H]2O)CC(c2ccc(O)c(O)c2)O4)cc(OC)c1O. The molecule has 0 radical (unpaired) electrons. The predicted octanol–water partition coefficient (Wildman–Crippen LogP) is 2.08. The first-order chi connectivity index (χ1) is 21.5. The van der Waals surface area contributed by atoms with Gasteiger partial charge in [-0.3, -0.25) is 0 Å². The molecule has 6 rings (SSSR count). The van der Waals surface area contributed by atoms with Crippen LogP contribution in [-0.4, -0.2) is 92.4 Å². The van der Waals surface area contributed by atoms with E-state index in [1.165, 1.54) is 50.6 Å². The van der Waals surface area contributed by atoms with Gasteiger partial charge in [0.1, 0.15) is 47.4 Å². The highest BCUT2D eigenvalue weighted by molar-refractivity contribution is 5.93. The number of phenols is 4. The zero-order chi connectivity index (χ0) is 32.2. The van der Waals surface area contributed by atoms with Crippen LogP contribution in [-0.2, 0) is 11.2 Å². The lowest BCUT2D eigenvalue weighted by Gasteiger charge is -2.39. The van der Waals surface area contributed by atoms with Gasteiger partial charge in [0.05, 0.1) is 32.5 Å². The van der Waals surface area contributed by atoms with Crippen LogP contribution in [0.5, 0.6) is 46.0 Å². The summed E-state index contributed by atoms with van der Waals surface area (Å²) >= 11 is 0. The summed E-state index contributed by atoms with van der Waals surface area (Å²) in [7, 11) is 2.68. The lowest BCUT2D eigenvalue weighted by Crippen LogP contribution is -2.60. The summed E-state index contributed by atoms with van der Waals surface area (Å²) in [5.41, 5.74) is 1.30. The molecule has 0 saturated carbocycles. The van der Waals surface area contributed by atoms with Crippen LogP contribution in [0.2, 0.25) is 0 Å². The fourth-order valence-electron chi connectivity index (χ4n) is 5.58. The summed E-state index contributed by atoms with van der Waals surface area (Å²) in [4.78, 5) is 0. The van der Waals surface area contributed by atoms with Gasteiger partial charge in [0, 0.05) is 30.2 Å². The van der Waals surface area contributed by atoms with Crippen molar-refractivity contribution in [2.75, 3.05) is 20.8 Å². The van der Waals surface area contributed by atoms with E-state index < -0.39 is 43.4 Å². The highest BCUT2D eigenvalue weighted by Crippen LogP contribution is 2.51. The first-order valence-electron chi connectivity index (χ1n) is 13.8. The summed E-state index contributed by atoms with van der Waals surface area (Å²) < 4.78 is 35.1. The molecule has 6 atom stereocenters. The summed E-state index contributed by atoms with van der Waals surface area (Å²) in [5.74, 6) is -1.02. The van der Waals surface area contributed by atoms with Gasteiger partial charge in [-0.1, -0.05) is 6.07 Å². The van der Waals surface area contributed by atoms with Crippen LogP contribution in [0.15, 0.2) is 46.9 Å². The summed E-state index contributed by atoms with van der Waals surface area (Å²) in [6.45, 7) is -0.692. The molecule has 3 heterocycles. The van der Waals surface area contributed by atoms with Gasteiger partial charge in [0.2, 0.25) is 17.8 Å². The number of aliphatic hydroxyl groups is 4. The molecule has 0 aliphatic carbocycles. The van der Waals surface area contributed by atoms with E-state index in [0.29, 0.717) is 16.5 Å². The first kappa shape index (κ1) is 30.3. The molecule has 1 saturated heterocycles. The van der Waals surface area contributed by atoms with Gasteiger partial charge in [-0.05, 0) is 17.7 Å². The maximum Gasteiger partial charge on any atom is 0.402 e. The first-order valence-corrected chi connectivity index (χ1v) is 13.8. The molecule has 2 aliphatic heterocycles. The Hall–Kier alpha value is -4.73. The number of hydrogen-bond acceptors (Lipinski definition) is 13. The van der Waals surface area contributed by atoms with Gasteiger partial charge in [-0.25, -0.2) is 4.42 Å². The van der Waals surface area contributed by atoms with Gasteiger partial charge in [-0.15, -0.1) is 0 Å². The van der Waals surface area contributed by atoms with Crippen molar-refractivity contribution >= 4 is 11.0 Å². The number of aromatic hydroxyl groups is 4. The Balaban J connectivity index is 1.60. The molecule has 1 unspecified atom stereocenters. The number of rotatable bonds is 7. The van der Waals surface area contributed by atoms with Crippen LogP contribution in [0.1, 0.15) is 17.2 Å². The largest absolute Gasteiger partial charge is 0.507 e. The minimum atomic E-state index is -1.77. The Bertz CT molecular complexity index is 1730. The minimum absolute atomic E-state index is 0.00295. The zero-order valence-corrected chi connectivity index (χ0v) is 23.9. The minimum Gasteiger partial charge on any atom is -0.507 e. The van der Waals surface area contributed by atoms with Crippen molar-refractivity contribution < 1.29 is 69.0 Å². The Morgan fingerprint density at radius 2 is 1.58 bits per heavy atom. The zero-order valence-electron chi connectivity index (χ0n) is 23.9. The Morgan fingerprint density at radius 1 is 0.867 bits per heavy atom. The molecular weight excluding hydrogens is 596 g/mol. The Kier molecular flexibility index (Phi) is 7.84. The van der Waals surface area contributed by atoms with Crippen molar-refractivity contribution in [2.45, 2.75) is 43.2 Å². The number of ether oxygens (including phenoxy) is 5. The average Bonchev–Trinajstić information content (AvgIpc) is 3.03. The van der Waals surface area contributed by atoms with Crippen LogP contribution in [0.3, 0.4) is 0 Å². The van der Waals surface area contributed by atoms with Crippen molar-refractivity contribution in [1.29, 1.82) is 0 Å². The molecule has 2 aliphatic rings. The number of methoxy groups -OCH3 is 2. The molecule has 45 heavy (non-hydrogen) atoms. The number of aliphatic hydroxyl groups excluding tert-OH is 4. The molecule has 3 aromatic carbocycles. The molecule has 14 nitrogen and oxygen atoms in total. The maximum atomic E-state index is 10.9. The molecule has 0 bridgehead atoms. The fourth-order valence-corrected chi connectivity index (χ4v) is 5.58. The van der Waals surface area contributed by atoms with E-state index in [4.69, 9.17) is 28.1 Å². The van der Waals surface area contributed by atoms with Crippen LogP contribution < -0.4 is 18.9 Å². The van der Waals surface area contributed by atoms with E-state index in [9.17, 15) is 40.9 Å². The summed E-state index contributed by atoms with van der Waals surface area (Å²) in [6, 6.07) is 9.77. The van der Waals surface area contributed by atoms with Crippen molar-refractivity contribution in [2.24, 2.45) is 0 Å². The Morgan fingerprint density at radius 3 is 2.22 bits per heavy atom. The molecule has 1 aromatic heterocycles. The predicted molar refractivity (Wildman–Crippen MR) is 154 cm³/mol. The topological polar surface area (TPSA) is 219 Å². The van der Waals surface area contributed by atoms with Gasteiger partial charge in [-0.2, -0.15) is 0 Å². The van der Waals surface area contributed by atoms with Crippen LogP contribution in [0.25, 0.3) is 22.3 Å². The highest BCUT2D eigenvalue weighted by atomic mass is 16.7. The molecule has 0 spiro atoms. The molecule has 238 valence electrons. The molecular formula is C31H31O14+. The van der Waals surface area contributed by atoms with Crippen LogP contribution >= 0.6 is 0 Å². The van der Waals surface area contributed by atoms with E-state index >= 15 is 0 Å². The normalized spacial score (nSPS) is 24.2. The smallest absolute Gasteiger partial charge is 0.402 e. The monoisotopic (exact) mass is 627 g/mol. The van der Waals surface area contributed by atoms with Gasteiger partial charge in [0.25, 0.3) is 0 Å². The van der Waals surface area contributed by atoms with Crippen molar-refractivity contribution in [3.8, 4) is 57.3 Å². The third-order valence-electron chi connectivity index (χ3n) is 7.90. The summed E-state index contributed by atoms with van der Waals surface area (Å²) in [5, 5.41) is 83.0. The third-order valence-corrected chi connectivity index (χ3v) is 7.90. The van der Waals surface area contributed by atoms with Gasteiger partial charge >= 0.3 is 11.3 Å². The number of hydrogen-bond donors (Lipinski definition) is 8. The van der Waals surface area contributed by atoms with E-state index in [-0.39, 0.29) is 69.3 Å². The lowest BCUT2D eigenvalue weighted by molar-refractivity contribution is -0.277. The number of benzene rings is 3. The molecule has 4 aromatic rings. The standard InChI is InChI=1S/C31H30O14/c1-40-21-6-13(7-22(41-2)25(21)36)29-30(45-31-28(39)27(38)26(37)23(11-32)44-31)15-10-18(12-3-4-16(34)17(35)5-12)42-19-8-14(33)9-20(43-29)24(15)19/h3-9,18,23,26-28,31-32,37-39H,10-11H2,1-2H3,(H3-,33,34,35,36)/p+1/t18?,23-,26-,27+,28-,31+/m1/s1. The van der Waals surface area contributed by atoms with E-state index in [1.54, 1.807) is 6.07 Å². The fraction of sp³-hybridized carbons (Fsp3) is 0.323. The van der Waals surface area contributed by atoms with Crippen molar-refractivity contribution in [3.63, 3.8) is 0 Å². The van der Waals surface area contributed by atoms with E-state index in [1.807, 2.05) is 0 Å². The average molecular weight is 628 g/mol. The second-order valence-electron chi connectivity index (χ2n) is 10.7. The molecule has 1 fully saturated rings. The Labute approximate surface area is 255 Å². The van der Waals surface area contributed by atoms with Crippen LogP contribution in [0.4, 0.5) is 0 Å². The highest BCUT2D eigenvalue weighted by Gasteiger charge is 2.47. The van der Waals surface area contributed by atoms with E-state index in [2.05, 4.69) is 0 Å². The molecule has 14 heteroatoms. The molecule has 0 amide bonds. The lowest BCUT2D eigenvalue weighted by atomic mass is 9.93.